The number of rotatable bonds is 11. The van der Waals surface area contributed by atoms with Gasteiger partial charge < -0.3 is 15.1 Å². The van der Waals surface area contributed by atoms with Crippen molar-refractivity contribution in [3.8, 4) is 0 Å². The van der Waals surface area contributed by atoms with E-state index in [4.69, 9.17) is 0 Å². The number of halogens is 3. The summed E-state index contributed by atoms with van der Waals surface area (Å²) in [5.74, 6) is 1.48. The first-order valence-electron chi connectivity index (χ1n) is 13.0. The van der Waals surface area contributed by atoms with Gasteiger partial charge in [-0.3, -0.25) is 9.89 Å². The molecule has 0 spiro atoms. The number of piperazine rings is 1. The zero-order valence-corrected chi connectivity index (χ0v) is 22.0. The van der Waals surface area contributed by atoms with Gasteiger partial charge in [-0.1, -0.05) is 19.1 Å². The second-order valence-electron chi connectivity index (χ2n) is 9.92. The van der Waals surface area contributed by atoms with Gasteiger partial charge in [0.25, 0.3) is 0 Å². The number of alkyl halides is 3. The SMILES string of the molecule is C=CN(C=NC)CCCNCC1CCC[C@H]1CN1CCN(c2csc3cc(C(F)(F)F)ccc23)CC1. The second kappa shape index (κ2) is 12.4. The molecule has 1 saturated carbocycles. The maximum Gasteiger partial charge on any atom is 0.416 e. The number of hydrogen-bond donors (Lipinski definition) is 1. The van der Waals surface area contributed by atoms with Crippen LogP contribution in [0.5, 0.6) is 0 Å². The van der Waals surface area contributed by atoms with Crippen LogP contribution in [-0.2, 0) is 6.18 Å². The van der Waals surface area contributed by atoms with E-state index >= 15 is 0 Å². The molecule has 0 radical (unpaired) electrons. The third-order valence-electron chi connectivity index (χ3n) is 7.58. The van der Waals surface area contributed by atoms with Crippen LogP contribution in [0, 0.1) is 11.8 Å². The van der Waals surface area contributed by atoms with Crippen molar-refractivity contribution in [2.24, 2.45) is 16.8 Å². The number of thiophene rings is 1. The first-order valence-corrected chi connectivity index (χ1v) is 13.8. The van der Waals surface area contributed by atoms with Gasteiger partial charge in [0, 0.05) is 61.8 Å². The van der Waals surface area contributed by atoms with Crippen LogP contribution in [0.1, 0.15) is 31.2 Å². The average Bonchev–Trinajstić information content (AvgIpc) is 3.49. The first kappa shape index (κ1) is 26.9. The van der Waals surface area contributed by atoms with Crippen molar-refractivity contribution in [1.82, 2.24) is 15.1 Å². The third-order valence-corrected chi connectivity index (χ3v) is 8.51. The Morgan fingerprint density at radius 2 is 1.97 bits per heavy atom. The van der Waals surface area contributed by atoms with E-state index < -0.39 is 11.7 Å². The molecule has 198 valence electrons. The van der Waals surface area contributed by atoms with Gasteiger partial charge in [0.2, 0.25) is 0 Å². The van der Waals surface area contributed by atoms with E-state index in [0.717, 1.165) is 81.7 Å². The number of anilines is 1. The van der Waals surface area contributed by atoms with E-state index in [1.807, 2.05) is 22.8 Å². The molecule has 1 aliphatic carbocycles. The van der Waals surface area contributed by atoms with Crippen LogP contribution in [0.4, 0.5) is 18.9 Å². The van der Waals surface area contributed by atoms with Gasteiger partial charge in [-0.2, -0.15) is 13.2 Å². The number of hydrogen-bond acceptors (Lipinski definition) is 5. The van der Waals surface area contributed by atoms with Crippen LogP contribution in [-0.4, -0.2) is 75.5 Å². The lowest BCUT2D eigenvalue weighted by atomic mass is 9.95. The predicted molar refractivity (Wildman–Crippen MR) is 145 cm³/mol. The Bertz CT molecular complexity index is 1010. The van der Waals surface area contributed by atoms with E-state index in [9.17, 15) is 13.2 Å². The minimum absolute atomic E-state index is 0.571. The van der Waals surface area contributed by atoms with Gasteiger partial charge in [0.05, 0.1) is 17.6 Å². The van der Waals surface area contributed by atoms with E-state index in [1.54, 1.807) is 13.1 Å². The molecule has 2 aliphatic rings. The van der Waals surface area contributed by atoms with Crippen LogP contribution >= 0.6 is 11.3 Å². The Morgan fingerprint density at radius 3 is 2.69 bits per heavy atom. The largest absolute Gasteiger partial charge is 0.416 e. The zero-order valence-electron chi connectivity index (χ0n) is 21.1. The van der Waals surface area contributed by atoms with Crippen molar-refractivity contribution in [2.45, 2.75) is 31.9 Å². The summed E-state index contributed by atoms with van der Waals surface area (Å²) in [4.78, 5) is 11.0. The standard InChI is InChI=1S/C27H38F3N5S/c1-3-33(20-31-2)11-5-10-32-17-21-6-4-7-22(21)18-34-12-14-35(15-13-34)25-19-36-26-16-23(27(28,29)30)8-9-24(25)26/h3,8-9,16,19-22,32H,1,4-7,10-15,17-18H2,2H3/t21?,22-/m0/s1. The molecule has 1 N–H and O–H groups in total. The van der Waals surface area contributed by atoms with Crippen molar-refractivity contribution in [2.75, 3.05) is 64.3 Å². The number of aliphatic imine (C=N–C) groups is 1. The van der Waals surface area contributed by atoms with Crippen molar-refractivity contribution in [3.63, 3.8) is 0 Å². The highest BCUT2D eigenvalue weighted by Gasteiger charge is 2.32. The van der Waals surface area contributed by atoms with Crippen molar-refractivity contribution >= 4 is 33.4 Å². The highest BCUT2D eigenvalue weighted by molar-refractivity contribution is 7.17. The summed E-state index contributed by atoms with van der Waals surface area (Å²) in [7, 11) is 1.77. The lowest BCUT2D eigenvalue weighted by Crippen LogP contribution is -2.48. The number of fused-ring (bicyclic) bond motifs is 1. The van der Waals surface area contributed by atoms with E-state index in [2.05, 4.69) is 26.7 Å². The van der Waals surface area contributed by atoms with Crippen molar-refractivity contribution in [3.05, 3.63) is 41.9 Å². The first-order chi connectivity index (χ1) is 17.4. The summed E-state index contributed by atoms with van der Waals surface area (Å²) in [5, 5.41) is 6.62. The molecule has 9 heteroatoms. The zero-order chi connectivity index (χ0) is 25.5. The Morgan fingerprint density at radius 1 is 1.19 bits per heavy atom. The van der Waals surface area contributed by atoms with Crippen LogP contribution in [0.2, 0.25) is 0 Å². The van der Waals surface area contributed by atoms with E-state index in [0.29, 0.717) is 4.70 Å². The summed E-state index contributed by atoms with van der Waals surface area (Å²) >= 11 is 1.41. The number of benzene rings is 1. The van der Waals surface area contributed by atoms with Gasteiger partial charge in [0.15, 0.2) is 0 Å². The quantitative estimate of drug-likeness (QED) is 0.239. The van der Waals surface area contributed by atoms with Crippen molar-refractivity contribution < 1.29 is 13.2 Å². The molecule has 36 heavy (non-hydrogen) atoms. The van der Waals surface area contributed by atoms with Gasteiger partial charge in [-0.25, -0.2) is 0 Å². The van der Waals surface area contributed by atoms with Crippen LogP contribution in [0.25, 0.3) is 10.1 Å². The molecule has 0 bridgehead atoms. The average molecular weight is 522 g/mol. The summed E-state index contributed by atoms with van der Waals surface area (Å²) in [6, 6.07) is 4.12. The third kappa shape index (κ3) is 6.81. The summed E-state index contributed by atoms with van der Waals surface area (Å²) < 4.78 is 39.9. The van der Waals surface area contributed by atoms with Gasteiger partial charge in [0.1, 0.15) is 0 Å². The molecule has 1 aromatic heterocycles. The Hall–Kier alpha value is -2.10. The van der Waals surface area contributed by atoms with Crippen LogP contribution < -0.4 is 10.2 Å². The van der Waals surface area contributed by atoms with Crippen LogP contribution in [0.15, 0.2) is 41.4 Å². The number of nitrogens with zero attached hydrogens (tertiary/aromatic N) is 4. The maximum atomic E-state index is 13.1. The smallest absolute Gasteiger partial charge is 0.368 e. The molecule has 1 aliphatic heterocycles. The van der Waals surface area contributed by atoms with E-state index in [-0.39, 0.29) is 0 Å². The monoisotopic (exact) mass is 521 g/mol. The molecule has 2 aromatic rings. The highest BCUT2D eigenvalue weighted by Crippen LogP contribution is 2.38. The Balaban J connectivity index is 1.22. The van der Waals surface area contributed by atoms with Crippen LogP contribution in [0.3, 0.4) is 0 Å². The summed E-state index contributed by atoms with van der Waals surface area (Å²) in [6.07, 6.45) is 4.31. The van der Waals surface area contributed by atoms with Gasteiger partial charge in [-0.05, 0) is 62.5 Å². The molecule has 2 heterocycles. The molecule has 4 rings (SSSR count). The molecule has 1 saturated heterocycles. The molecule has 1 aromatic carbocycles. The Kier molecular flexibility index (Phi) is 9.30. The lowest BCUT2D eigenvalue weighted by Gasteiger charge is -2.38. The van der Waals surface area contributed by atoms with Gasteiger partial charge >= 0.3 is 6.18 Å². The Labute approximate surface area is 216 Å². The fourth-order valence-corrected chi connectivity index (χ4v) is 6.59. The maximum absolute atomic E-state index is 13.1. The molecule has 2 fully saturated rings. The molecule has 2 atom stereocenters. The molecule has 5 nitrogen and oxygen atoms in total. The normalized spacial score (nSPS) is 21.6. The van der Waals surface area contributed by atoms with E-state index in [1.165, 1.54) is 42.7 Å². The minimum atomic E-state index is -4.30. The molecular weight excluding hydrogens is 483 g/mol. The fourth-order valence-electron chi connectivity index (χ4n) is 5.58. The second-order valence-corrected chi connectivity index (χ2v) is 10.8. The minimum Gasteiger partial charge on any atom is -0.368 e. The topological polar surface area (TPSA) is 34.1 Å². The highest BCUT2D eigenvalue weighted by atomic mass is 32.1. The summed E-state index contributed by atoms with van der Waals surface area (Å²) in [6.45, 7) is 11.8. The molecule has 0 amide bonds. The summed E-state index contributed by atoms with van der Waals surface area (Å²) in [5.41, 5.74) is 0.505. The number of nitrogens with one attached hydrogen (secondary N) is 1. The lowest BCUT2D eigenvalue weighted by molar-refractivity contribution is -0.137. The fraction of sp³-hybridized carbons (Fsp3) is 0.593. The van der Waals surface area contributed by atoms with Gasteiger partial charge in [-0.15, -0.1) is 11.3 Å². The molecular formula is C27H38F3N5S. The molecule has 1 unspecified atom stereocenters. The predicted octanol–water partition coefficient (Wildman–Crippen LogP) is 5.54. The van der Waals surface area contributed by atoms with Crippen molar-refractivity contribution in [1.29, 1.82) is 0 Å².